The van der Waals surface area contributed by atoms with Crippen molar-refractivity contribution in [3.8, 4) is 5.75 Å². The highest BCUT2D eigenvalue weighted by atomic mass is 19.3. The van der Waals surface area contributed by atoms with Crippen LogP contribution in [0.15, 0.2) is 18.2 Å². The summed E-state index contributed by atoms with van der Waals surface area (Å²) in [6.07, 6.45) is -0.600. The lowest BCUT2D eigenvalue weighted by molar-refractivity contribution is -0.0390. The fourth-order valence-electron chi connectivity index (χ4n) is 1.34. The van der Waals surface area contributed by atoms with Gasteiger partial charge in [0.25, 0.3) is 5.92 Å². The summed E-state index contributed by atoms with van der Waals surface area (Å²) in [6.45, 7) is 1.97. The standard InChI is InChI=1S/C12H15F3O/c1-9-3-4-11(10(2)7-9)16-6-5-12(14,15)8-13/h3-4,7H,5-6,8H2,1-2H3. The van der Waals surface area contributed by atoms with Gasteiger partial charge in [0.1, 0.15) is 5.75 Å². The summed E-state index contributed by atoms with van der Waals surface area (Å²) in [5.41, 5.74) is 1.97. The molecule has 1 aromatic carbocycles. The van der Waals surface area contributed by atoms with E-state index < -0.39 is 19.0 Å². The van der Waals surface area contributed by atoms with Crippen molar-refractivity contribution in [2.75, 3.05) is 13.3 Å². The summed E-state index contributed by atoms with van der Waals surface area (Å²) in [4.78, 5) is 0. The van der Waals surface area contributed by atoms with Crippen LogP contribution in [-0.2, 0) is 0 Å². The molecular weight excluding hydrogens is 217 g/mol. The zero-order chi connectivity index (χ0) is 12.2. The Labute approximate surface area is 93.2 Å². The molecule has 0 aliphatic heterocycles. The van der Waals surface area contributed by atoms with Gasteiger partial charge in [0.2, 0.25) is 0 Å². The fraction of sp³-hybridized carbons (Fsp3) is 0.500. The molecule has 0 radical (unpaired) electrons. The van der Waals surface area contributed by atoms with Crippen LogP contribution in [0, 0.1) is 13.8 Å². The minimum Gasteiger partial charge on any atom is -0.493 e. The SMILES string of the molecule is Cc1ccc(OCCC(F)(F)CF)c(C)c1. The predicted molar refractivity (Wildman–Crippen MR) is 57.0 cm³/mol. The number of hydrogen-bond donors (Lipinski definition) is 0. The molecule has 0 spiro atoms. The number of alkyl halides is 3. The molecule has 0 atom stereocenters. The molecule has 0 saturated heterocycles. The molecule has 0 bridgehead atoms. The van der Waals surface area contributed by atoms with Crippen molar-refractivity contribution in [2.45, 2.75) is 26.2 Å². The van der Waals surface area contributed by atoms with E-state index in [2.05, 4.69) is 0 Å². The second-order valence-electron chi connectivity index (χ2n) is 3.86. The highest BCUT2D eigenvalue weighted by Crippen LogP contribution is 2.22. The monoisotopic (exact) mass is 232 g/mol. The van der Waals surface area contributed by atoms with Crippen LogP contribution < -0.4 is 4.74 Å². The van der Waals surface area contributed by atoms with E-state index >= 15 is 0 Å². The number of ether oxygens (including phenoxy) is 1. The topological polar surface area (TPSA) is 9.23 Å². The van der Waals surface area contributed by atoms with Crippen molar-refractivity contribution >= 4 is 0 Å². The Kier molecular flexibility index (Phi) is 4.21. The lowest BCUT2D eigenvalue weighted by atomic mass is 10.1. The summed E-state index contributed by atoms with van der Waals surface area (Å²) < 4.78 is 42.1. The molecule has 4 heteroatoms. The van der Waals surface area contributed by atoms with Gasteiger partial charge >= 0.3 is 0 Å². The molecule has 1 aromatic rings. The summed E-state index contributed by atoms with van der Waals surface area (Å²) in [5.74, 6) is -2.71. The highest BCUT2D eigenvalue weighted by Gasteiger charge is 2.28. The van der Waals surface area contributed by atoms with Gasteiger partial charge in [-0.2, -0.15) is 0 Å². The second-order valence-corrected chi connectivity index (χ2v) is 3.86. The van der Waals surface area contributed by atoms with E-state index in [1.807, 2.05) is 26.0 Å². The molecule has 0 aromatic heterocycles. The second kappa shape index (κ2) is 5.23. The molecule has 0 N–H and O–H groups in total. The van der Waals surface area contributed by atoms with E-state index in [0.29, 0.717) is 5.75 Å². The maximum absolute atomic E-state index is 12.6. The minimum absolute atomic E-state index is 0.180. The average molecular weight is 232 g/mol. The van der Waals surface area contributed by atoms with Gasteiger partial charge in [-0.05, 0) is 25.5 Å². The summed E-state index contributed by atoms with van der Waals surface area (Å²) in [6, 6.07) is 5.48. The van der Waals surface area contributed by atoms with Gasteiger partial charge in [0.15, 0.2) is 6.67 Å². The van der Waals surface area contributed by atoms with E-state index in [1.54, 1.807) is 6.07 Å². The average Bonchev–Trinajstić information content (AvgIpc) is 2.21. The Morgan fingerprint density at radius 3 is 2.50 bits per heavy atom. The Balaban J connectivity index is 2.49. The number of rotatable bonds is 5. The van der Waals surface area contributed by atoms with Gasteiger partial charge in [0, 0.05) is 6.42 Å². The largest absolute Gasteiger partial charge is 0.493 e. The van der Waals surface area contributed by atoms with Crippen LogP contribution in [0.4, 0.5) is 13.2 Å². The molecule has 0 aliphatic carbocycles. The Bertz CT molecular complexity index is 350. The number of hydrogen-bond acceptors (Lipinski definition) is 1. The first-order valence-electron chi connectivity index (χ1n) is 5.08. The maximum Gasteiger partial charge on any atom is 0.279 e. The predicted octanol–water partition coefficient (Wildman–Crippen LogP) is 3.68. The van der Waals surface area contributed by atoms with Gasteiger partial charge in [0.05, 0.1) is 6.61 Å². The van der Waals surface area contributed by atoms with Crippen LogP contribution >= 0.6 is 0 Å². The molecular formula is C12H15F3O. The van der Waals surface area contributed by atoms with E-state index in [4.69, 9.17) is 4.74 Å². The van der Waals surface area contributed by atoms with Crippen molar-refractivity contribution < 1.29 is 17.9 Å². The summed E-state index contributed by atoms with van der Waals surface area (Å²) >= 11 is 0. The van der Waals surface area contributed by atoms with Crippen LogP contribution in [-0.4, -0.2) is 19.2 Å². The molecule has 0 fully saturated rings. The molecule has 90 valence electrons. The Hall–Kier alpha value is -1.19. The number of halogens is 3. The quantitative estimate of drug-likeness (QED) is 0.752. The fourth-order valence-corrected chi connectivity index (χ4v) is 1.34. The normalized spacial score (nSPS) is 11.6. The first-order valence-corrected chi connectivity index (χ1v) is 5.08. The van der Waals surface area contributed by atoms with Crippen molar-refractivity contribution in [1.82, 2.24) is 0 Å². The highest BCUT2D eigenvalue weighted by molar-refractivity contribution is 5.35. The minimum atomic E-state index is -3.28. The van der Waals surface area contributed by atoms with Crippen LogP contribution in [0.2, 0.25) is 0 Å². The smallest absolute Gasteiger partial charge is 0.279 e. The third-order valence-electron chi connectivity index (χ3n) is 2.25. The van der Waals surface area contributed by atoms with Gasteiger partial charge in [-0.25, -0.2) is 13.2 Å². The van der Waals surface area contributed by atoms with Crippen molar-refractivity contribution in [3.63, 3.8) is 0 Å². The zero-order valence-electron chi connectivity index (χ0n) is 9.40. The van der Waals surface area contributed by atoms with Crippen molar-refractivity contribution in [2.24, 2.45) is 0 Å². The van der Waals surface area contributed by atoms with Gasteiger partial charge in [-0.15, -0.1) is 0 Å². The Morgan fingerprint density at radius 2 is 1.94 bits per heavy atom. The molecule has 0 amide bonds. The van der Waals surface area contributed by atoms with Crippen LogP contribution in [0.1, 0.15) is 17.5 Å². The lowest BCUT2D eigenvalue weighted by Crippen LogP contribution is -2.22. The maximum atomic E-state index is 12.6. The molecule has 16 heavy (non-hydrogen) atoms. The third-order valence-corrected chi connectivity index (χ3v) is 2.25. The number of benzene rings is 1. The molecule has 0 heterocycles. The summed E-state index contributed by atoms with van der Waals surface area (Å²) in [7, 11) is 0. The first kappa shape index (κ1) is 12.9. The van der Waals surface area contributed by atoms with Crippen molar-refractivity contribution in [1.29, 1.82) is 0 Å². The first-order chi connectivity index (χ1) is 7.44. The summed E-state index contributed by atoms with van der Waals surface area (Å²) in [5, 5.41) is 0. The van der Waals surface area contributed by atoms with E-state index in [9.17, 15) is 13.2 Å². The molecule has 1 rings (SSSR count). The van der Waals surface area contributed by atoms with Crippen LogP contribution in [0.25, 0.3) is 0 Å². The van der Waals surface area contributed by atoms with E-state index in [-0.39, 0.29) is 6.61 Å². The van der Waals surface area contributed by atoms with Gasteiger partial charge in [-0.1, -0.05) is 17.7 Å². The van der Waals surface area contributed by atoms with Gasteiger partial charge in [-0.3, -0.25) is 0 Å². The zero-order valence-corrected chi connectivity index (χ0v) is 9.40. The third kappa shape index (κ3) is 3.76. The van der Waals surface area contributed by atoms with E-state index in [1.165, 1.54) is 0 Å². The Morgan fingerprint density at radius 1 is 1.25 bits per heavy atom. The van der Waals surface area contributed by atoms with Crippen LogP contribution in [0.5, 0.6) is 5.75 Å². The van der Waals surface area contributed by atoms with Crippen LogP contribution in [0.3, 0.4) is 0 Å². The number of aryl methyl sites for hydroxylation is 2. The van der Waals surface area contributed by atoms with E-state index in [0.717, 1.165) is 11.1 Å². The molecule has 1 nitrogen and oxygen atoms in total. The molecule has 0 aliphatic rings. The van der Waals surface area contributed by atoms with Gasteiger partial charge < -0.3 is 4.74 Å². The lowest BCUT2D eigenvalue weighted by Gasteiger charge is -2.14. The van der Waals surface area contributed by atoms with Crippen molar-refractivity contribution in [3.05, 3.63) is 29.3 Å². The molecule has 0 saturated carbocycles. The molecule has 0 unspecified atom stereocenters.